The van der Waals surface area contributed by atoms with Crippen LogP contribution < -0.4 is 16.6 Å². The zero-order chi connectivity index (χ0) is 25.1. The predicted octanol–water partition coefficient (Wildman–Crippen LogP) is 2.13. The van der Waals surface area contributed by atoms with Crippen molar-refractivity contribution in [1.82, 2.24) is 24.5 Å². The summed E-state index contributed by atoms with van der Waals surface area (Å²) in [6, 6.07) is 9.32. The summed E-state index contributed by atoms with van der Waals surface area (Å²) in [6.45, 7) is 5.35. The monoisotopic (exact) mass is 468 g/mol. The van der Waals surface area contributed by atoms with E-state index in [9.17, 15) is 9.90 Å². The molecule has 1 atom stereocenters. The Bertz CT molecular complexity index is 1560. The Morgan fingerprint density at radius 1 is 1.20 bits per heavy atom. The first-order valence-corrected chi connectivity index (χ1v) is 10.8. The molecule has 1 unspecified atom stereocenters. The summed E-state index contributed by atoms with van der Waals surface area (Å²) in [6.07, 6.45) is 1.98. The minimum atomic E-state index is -0.904. The number of hydrogen-bond acceptors (Lipinski definition) is 9. The van der Waals surface area contributed by atoms with Gasteiger partial charge in [-0.2, -0.15) is 0 Å². The largest absolute Gasteiger partial charge is 0.383 e. The molecule has 0 amide bonds. The third-order valence-corrected chi connectivity index (χ3v) is 5.35. The van der Waals surface area contributed by atoms with Gasteiger partial charge in [-0.3, -0.25) is 14.8 Å². The van der Waals surface area contributed by atoms with E-state index in [-0.39, 0.29) is 35.0 Å². The van der Waals surface area contributed by atoms with Crippen LogP contribution in [0.4, 0.5) is 11.6 Å². The molecule has 10 nitrogen and oxygen atoms in total. The lowest BCUT2D eigenvalue weighted by Gasteiger charge is -2.17. The molecule has 0 aliphatic rings. The number of hydrogen-bond donors (Lipinski definition) is 4. The van der Waals surface area contributed by atoms with Gasteiger partial charge in [0.25, 0.3) is 5.56 Å². The Balaban J connectivity index is 1.83. The number of nitrogen functional groups attached to an aromatic ring is 1. The van der Waals surface area contributed by atoms with E-state index < -0.39 is 6.10 Å². The van der Waals surface area contributed by atoms with Crippen LogP contribution in [0.5, 0.6) is 0 Å². The molecule has 176 valence electrons. The molecule has 0 saturated heterocycles. The molecule has 4 aromatic rings. The van der Waals surface area contributed by atoms with Gasteiger partial charge in [-0.05, 0) is 50.0 Å². The van der Waals surface area contributed by atoms with Crippen LogP contribution in [0.25, 0.3) is 16.7 Å². The van der Waals surface area contributed by atoms with Gasteiger partial charge < -0.3 is 16.2 Å². The number of aryl methyl sites for hydroxylation is 2. The normalized spacial score (nSPS) is 11.5. The molecule has 3 heterocycles. The number of pyridine rings is 1. The lowest BCUT2D eigenvalue weighted by atomic mass is 10.1. The molecule has 0 fully saturated rings. The zero-order valence-electron chi connectivity index (χ0n) is 19.5. The second-order valence-electron chi connectivity index (χ2n) is 7.94. The molecule has 0 saturated carbocycles. The van der Waals surface area contributed by atoms with E-state index >= 15 is 0 Å². The third-order valence-electron chi connectivity index (χ3n) is 5.35. The predicted molar refractivity (Wildman–Crippen MR) is 135 cm³/mol. The van der Waals surface area contributed by atoms with Gasteiger partial charge in [-0.1, -0.05) is 24.1 Å². The van der Waals surface area contributed by atoms with Gasteiger partial charge >= 0.3 is 0 Å². The van der Waals surface area contributed by atoms with Crippen molar-refractivity contribution >= 4 is 28.4 Å². The molecule has 10 heteroatoms. The summed E-state index contributed by atoms with van der Waals surface area (Å²) in [5.41, 5.74) is 8.55. The number of para-hydroxylation sites is 1. The van der Waals surface area contributed by atoms with Crippen LogP contribution in [-0.2, 0) is 6.54 Å². The number of nitrogens with one attached hydrogen (secondary N) is 2. The van der Waals surface area contributed by atoms with Crippen molar-refractivity contribution < 1.29 is 5.11 Å². The summed E-state index contributed by atoms with van der Waals surface area (Å²) in [5.74, 6) is 5.80. The first kappa shape index (κ1) is 23.5. The molecule has 0 aliphatic carbocycles. The molecule has 0 bridgehead atoms. The summed E-state index contributed by atoms with van der Waals surface area (Å²) in [7, 11) is 0. The maximum Gasteiger partial charge on any atom is 0.267 e. The second kappa shape index (κ2) is 9.70. The zero-order valence-corrected chi connectivity index (χ0v) is 19.5. The van der Waals surface area contributed by atoms with Crippen molar-refractivity contribution in [3.63, 3.8) is 0 Å². The minimum Gasteiger partial charge on any atom is -0.383 e. The van der Waals surface area contributed by atoms with Crippen LogP contribution in [0, 0.1) is 31.1 Å². The molecule has 1 aromatic carbocycles. The van der Waals surface area contributed by atoms with Crippen LogP contribution >= 0.6 is 0 Å². The first-order chi connectivity index (χ1) is 16.8. The van der Waals surface area contributed by atoms with Crippen LogP contribution in [0.15, 0.2) is 47.7 Å². The molecule has 3 aromatic heterocycles. The SMILES string of the molecule is Cc1ccccc1-n1c(CNc2ncnc(N)c2C(=N)C#CC(C)O)nc2nccc(C)c2c1=O. The fraction of sp³-hybridized carbons (Fsp3) is 0.200. The number of aliphatic hydroxyl groups is 1. The van der Waals surface area contributed by atoms with Crippen molar-refractivity contribution in [3.8, 4) is 17.5 Å². The minimum absolute atomic E-state index is 0.0625. The van der Waals surface area contributed by atoms with Gasteiger partial charge in [-0.25, -0.2) is 19.9 Å². The average molecular weight is 469 g/mol. The van der Waals surface area contributed by atoms with E-state index in [2.05, 4.69) is 37.1 Å². The van der Waals surface area contributed by atoms with Gasteiger partial charge in [0.15, 0.2) is 5.65 Å². The van der Waals surface area contributed by atoms with E-state index in [0.29, 0.717) is 22.5 Å². The molecule has 35 heavy (non-hydrogen) atoms. The summed E-state index contributed by atoms with van der Waals surface area (Å²) in [5, 5.41) is 21.3. The fourth-order valence-electron chi connectivity index (χ4n) is 3.66. The van der Waals surface area contributed by atoms with Crippen molar-refractivity contribution in [3.05, 3.63) is 75.7 Å². The lowest BCUT2D eigenvalue weighted by molar-refractivity contribution is 0.253. The highest BCUT2D eigenvalue weighted by Gasteiger charge is 2.18. The molecule has 0 aliphatic heterocycles. The summed E-state index contributed by atoms with van der Waals surface area (Å²) >= 11 is 0. The Morgan fingerprint density at radius 3 is 2.71 bits per heavy atom. The van der Waals surface area contributed by atoms with Crippen LogP contribution in [0.1, 0.15) is 29.4 Å². The lowest BCUT2D eigenvalue weighted by Crippen LogP contribution is -2.27. The number of fused-ring (bicyclic) bond motifs is 1. The van der Waals surface area contributed by atoms with E-state index in [1.54, 1.807) is 16.8 Å². The maximum absolute atomic E-state index is 13.6. The smallest absolute Gasteiger partial charge is 0.267 e. The number of rotatable bonds is 5. The topological polar surface area (TPSA) is 156 Å². The molecular formula is C25H24N8O2. The van der Waals surface area contributed by atoms with Crippen LogP contribution in [0.3, 0.4) is 0 Å². The highest BCUT2D eigenvalue weighted by molar-refractivity contribution is 6.16. The molecule has 0 spiro atoms. The molecular weight excluding hydrogens is 444 g/mol. The summed E-state index contributed by atoms with van der Waals surface area (Å²) < 4.78 is 1.56. The van der Waals surface area contributed by atoms with Crippen molar-refractivity contribution in [2.45, 2.75) is 33.4 Å². The number of nitrogens with two attached hydrogens (primary N) is 1. The van der Waals surface area contributed by atoms with Crippen molar-refractivity contribution in [2.24, 2.45) is 0 Å². The third kappa shape index (κ3) is 4.71. The van der Waals surface area contributed by atoms with E-state index in [1.165, 1.54) is 13.3 Å². The number of anilines is 2. The Labute approximate surface area is 201 Å². The second-order valence-corrected chi connectivity index (χ2v) is 7.94. The fourth-order valence-corrected chi connectivity index (χ4v) is 3.66. The van der Waals surface area contributed by atoms with Gasteiger partial charge in [0, 0.05) is 6.20 Å². The molecule has 5 N–H and O–H groups in total. The first-order valence-electron chi connectivity index (χ1n) is 10.8. The standard InChI is InChI=1S/C25H24N8O2/c1-14-6-4-5-7-18(14)33-19(32-24-20(25(33)35)15(2)10-11-28-24)12-29-23-21(22(27)30-13-31-23)17(26)9-8-16(3)34/h4-7,10-11,13,16,26,34H,12H2,1-3H3,(H3,27,29,30,31). The molecule has 0 radical (unpaired) electrons. The van der Waals surface area contributed by atoms with E-state index in [4.69, 9.17) is 11.1 Å². The van der Waals surface area contributed by atoms with Gasteiger partial charge in [-0.15, -0.1) is 0 Å². The maximum atomic E-state index is 13.6. The highest BCUT2D eigenvalue weighted by Crippen LogP contribution is 2.21. The van der Waals surface area contributed by atoms with Crippen LogP contribution in [-0.4, -0.2) is 41.4 Å². The number of aromatic nitrogens is 5. The van der Waals surface area contributed by atoms with E-state index in [1.807, 2.05) is 38.1 Å². The van der Waals surface area contributed by atoms with Crippen molar-refractivity contribution in [2.75, 3.05) is 11.1 Å². The highest BCUT2D eigenvalue weighted by atomic mass is 16.3. The molecule has 4 rings (SSSR count). The number of aliphatic hydroxyl groups excluding tert-OH is 1. The van der Waals surface area contributed by atoms with Crippen LogP contribution in [0.2, 0.25) is 0 Å². The quantitative estimate of drug-likeness (QED) is 0.256. The number of nitrogens with zero attached hydrogens (tertiary/aromatic N) is 5. The Kier molecular flexibility index (Phi) is 6.53. The van der Waals surface area contributed by atoms with Gasteiger partial charge in [0.2, 0.25) is 0 Å². The summed E-state index contributed by atoms with van der Waals surface area (Å²) in [4.78, 5) is 30.8. The average Bonchev–Trinajstić information content (AvgIpc) is 2.82. The van der Waals surface area contributed by atoms with E-state index in [0.717, 1.165) is 11.1 Å². The number of benzene rings is 1. The Hall–Kier alpha value is -4.62. The van der Waals surface area contributed by atoms with Gasteiger partial charge in [0.1, 0.15) is 35.6 Å². The Morgan fingerprint density at radius 2 is 1.97 bits per heavy atom. The van der Waals surface area contributed by atoms with Crippen molar-refractivity contribution in [1.29, 1.82) is 5.41 Å². The van der Waals surface area contributed by atoms with Gasteiger partial charge in [0.05, 0.1) is 23.2 Å².